The number of ether oxygens (including phenoxy) is 3. The summed E-state index contributed by atoms with van der Waals surface area (Å²) in [5.74, 6) is 0.378. The van der Waals surface area contributed by atoms with E-state index in [0.717, 1.165) is 0 Å². The average molecular weight is 249 g/mol. The summed E-state index contributed by atoms with van der Waals surface area (Å²) in [7, 11) is 1.30. The maximum absolute atomic E-state index is 11.3. The number of benzene rings is 1. The number of rotatable bonds is 5. The summed E-state index contributed by atoms with van der Waals surface area (Å²) in [5.41, 5.74) is 0.469. The first-order valence-electron chi connectivity index (χ1n) is 5.53. The molecule has 5 nitrogen and oxygen atoms in total. The number of carbonyl (C=O) groups is 1. The van der Waals surface area contributed by atoms with Gasteiger partial charge in [0.25, 0.3) is 0 Å². The predicted molar refractivity (Wildman–Crippen MR) is 64.4 cm³/mol. The summed E-state index contributed by atoms with van der Waals surface area (Å²) >= 11 is 0. The van der Waals surface area contributed by atoms with E-state index in [2.05, 4.69) is 4.74 Å². The van der Waals surface area contributed by atoms with Crippen molar-refractivity contribution in [3.8, 4) is 17.6 Å². The molecule has 0 N–H and O–H groups in total. The molecule has 96 valence electrons. The number of hydrogen-bond acceptors (Lipinski definition) is 5. The summed E-state index contributed by atoms with van der Waals surface area (Å²) in [6, 6.07) is 6.78. The van der Waals surface area contributed by atoms with Gasteiger partial charge in [-0.3, -0.25) is 0 Å². The molecule has 1 unspecified atom stereocenters. The Kier molecular flexibility index (Phi) is 5.00. The van der Waals surface area contributed by atoms with Crippen LogP contribution in [0.5, 0.6) is 11.5 Å². The van der Waals surface area contributed by atoms with Gasteiger partial charge in [0.1, 0.15) is 0 Å². The lowest BCUT2D eigenvalue weighted by Crippen LogP contribution is -2.25. The van der Waals surface area contributed by atoms with E-state index in [-0.39, 0.29) is 0 Å². The van der Waals surface area contributed by atoms with Crippen molar-refractivity contribution < 1.29 is 19.0 Å². The van der Waals surface area contributed by atoms with E-state index < -0.39 is 12.1 Å². The molecule has 0 aliphatic carbocycles. The second-order valence-corrected chi connectivity index (χ2v) is 3.49. The van der Waals surface area contributed by atoms with Crippen LogP contribution in [0, 0.1) is 11.3 Å². The first-order chi connectivity index (χ1) is 8.62. The molecule has 0 bridgehead atoms. The third-order valence-electron chi connectivity index (χ3n) is 2.21. The number of methoxy groups -OCH3 is 1. The highest BCUT2D eigenvalue weighted by Crippen LogP contribution is 2.29. The van der Waals surface area contributed by atoms with E-state index in [1.54, 1.807) is 25.1 Å². The summed E-state index contributed by atoms with van der Waals surface area (Å²) < 4.78 is 15.4. The second kappa shape index (κ2) is 6.50. The van der Waals surface area contributed by atoms with Crippen molar-refractivity contribution in [2.75, 3.05) is 13.7 Å². The molecule has 1 atom stereocenters. The maximum atomic E-state index is 11.3. The van der Waals surface area contributed by atoms with Crippen LogP contribution in [0.4, 0.5) is 0 Å². The van der Waals surface area contributed by atoms with Gasteiger partial charge in [-0.2, -0.15) is 5.26 Å². The summed E-state index contributed by atoms with van der Waals surface area (Å²) in [4.78, 5) is 11.3. The Morgan fingerprint density at radius 2 is 2.17 bits per heavy atom. The summed E-state index contributed by atoms with van der Waals surface area (Å²) in [6.07, 6.45) is -0.734. The fraction of sp³-hybridized carbons (Fsp3) is 0.385. The lowest BCUT2D eigenvalue weighted by atomic mass is 10.2. The minimum absolute atomic E-state index is 0.411. The van der Waals surface area contributed by atoms with E-state index in [1.807, 2.05) is 13.0 Å². The quantitative estimate of drug-likeness (QED) is 0.745. The van der Waals surface area contributed by atoms with Crippen molar-refractivity contribution in [2.24, 2.45) is 0 Å². The molecule has 0 heterocycles. The van der Waals surface area contributed by atoms with Crippen molar-refractivity contribution in [3.05, 3.63) is 23.8 Å². The molecule has 1 aromatic rings. The maximum Gasteiger partial charge on any atom is 0.346 e. The first-order valence-corrected chi connectivity index (χ1v) is 5.53. The number of nitriles is 1. The Balaban J connectivity index is 2.94. The van der Waals surface area contributed by atoms with Crippen molar-refractivity contribution in [2.45, 2.75) is 20.0 Å². The van der Waals surface area contributed by atoms with Crippen molar-refractivity contribution >= 4 is 5.97 Å². The molecule has 0 radical (unpaired) electrons. The second-order valence-electron chi connectivity index (χ2n) is 3.49. The highest BCUT2D eigenvalue weighted by atomic mass is 16.6. The van der Waals surface area contributed by atoms with Gasteiger partial charge in [-0.05, 0) is 26.0 Å². The van der Waals surface area contributed by atoms with Crippen LogP contribution in [0.2, 0.25) is 0 Å². The SMILES string of the molecule is CCOc1cc(C#N)ccc1OC(C)C(=O)OC. The van der Waals surface area contributed by atoms with E-state index in [4.69, 9.17) is 14.7 Å². The molecule has 1 rings (SSSR count). The molecule has 0 saturated heterocycles. The highest BCUT2D eigenvalue weighted by molar-refractivity contribution is 5.74. The Morgan fingerprint density at radius 1 is 1.44 bits per heavy atom. The zero-order valence-electron chi connectivity index (χ0n) is 10.6. The van der Waals surface area contributed by atoms with Crippen LogP contribution >= 0.6 is 0 Å². The van der Waals surface area contributed by atoms with Gasteiger partial charge in [0, 0.05) is 6.07 Å². The number of carbonyl (C=O) groups excluding carboxylic acids is 1. The lowest BCUT2D eigenvalue weighted by Gasteiger charge is -2.15. The van der Waals surface area contributed by atoms with Crippen LogP contribution in [0.15, 0.2) is 18.2 Å². The third kappa shape index (κ3) is 3.39. The monoisotopic (exact) mass is 249 g/mol. The van der Waals surface area contributed by atoms with Gasteiger partial charge in [0.2, 0.25) is 0 Å². The fourth-order valence-electron chi connectivity index (χ4n) is 1.35. The van der Waals surface area contributed by atoms with Crippen LogP contribution in [0.3, 0.4) is 0 Å². The van der Waals surface area contributed by atoms with Gasteiger partial charge in [-0.1, -0.05) is 0 Å². The zero-order valence-corrected chi connectivity index (χ0v) is 10.6. The summed E-state index contributed by atoms with van der Waals surface area (Å²) in [5, 5.41) is 8.81. The fourth-order valence-corrected chi connectivity index (χ4v) is 1.35. The minimum Gasteiger partial charge on any atom is -0.490 e. The predicted octanol–water partition coefficient (Wildman–Crippen LogP) is 1.90. The molecular formula is C13H15NO4. The highest BCUT2D eigenvalue weighted by Gasteiger charge is 2.17. The average Bonchev–Trinajstić information content (AvgIpc) is 2.39. The van der Waals surface area contributed by atoms with Crippen LogP contribution in [0.25, 0.3) is 0 Å². The minimum atomic E-state index is -0.734. The first kappa shape index (κ1) is 13.8. The molecule has 0 aliphatic heterocycles. The molecule has 18 heavy (non-hydrogen) atoms. The molecule has 0 aromatic heterocycles. The van der Waals surface area contributed by atoms with Crippen LogP contribution in [-0.2, 0) is 9.53 Å². The van der Waals surface area contributed by atoms with Gasteiger partial charge in [0.15, 0.2) is 17.6 Å². The van der Waals surface area contributed by atoms with Gasteiger partial charge in [-0.15, -0.1) is 0 Å². The van der Waals surface area contributed by atoms with Crippen LogP contribution < -0.4 is 9.47 Å². The van der Waals surface area contributed by atoms with Crippen molar-refractivity contribution in [1.82, 2.24) is 0 Å². The molecule has 0 saturated carbocycles. The molecule has 1 aromatic carbocycles. The van der Waals surface area contributed by atoms with Gasteiger partial charge < -0.3 is 14.2 Å². The van der Waals surface area contributed by atoms with E-state index in [9.17, 15) is 4.79 Å². The van der Waals surface area contributed by atoms with Gasteiger partial charge in [-0.25, -0.2) is 4.79 Å². The Hall–Kier alpha value is -2.22. The Labute approximate surface area is 106 Å². The lowest BCUT2D eigenvalue weighted by molar-refractivity contribution is -0.147. The van der Waals surface area contributed by atoms with Crippen LogP contribution in [0.1, 0.15) is 19.4 Å². The number of esters is 1. The third-order valence-corrected chi connectivity index (χ3v) is 2.21. The standard InChI is InChI=1S/C13H15NO4/c1-4-17-12-7-10(8-14)5-6-11(12)18-9(2)13(15)16-3/h5-7,9H,4H2,1-3H3. The number of hydrogen-bond donors (Lipinski definition) is 0. The Bertz CT molecular complexity index is 465. The molecule has 0 amide bonds. The molecule has 0 fully saturated rings. The van der Waals surface area contributed by atoms with Crippen molar-refractivity contribution in [3.63, 3.8) is 0 Å². The van der Waals surface area contributed by atoms with Crippen LogP contribution in [-0.4, -0.2) is 25.8 Å². The smallest absolute Gasteiger partial charge is 0.346 e. The Morgan fingerprint density at radius 3 is 2.72 bits per heavy atom. The molecule has 5 heteroatoms. The summed E-state index contributed by atoms with van der Waals surface area (Å²) in [6.45, 7) is 3.85. The normalized spacial score (nSPS) is 11.2. The van der Waals surface area contributed by atoms with E-state index in [0.29, 0.717) is 23.7 Å². The number of nitrogens with zero attached hydrogens (tertiary/aromatic N) is 1. The largest absolute Gasteiger partial charge is 0.490 e. The van der Waals surface area contributed by atoms with Gasteiger partial charge >= 0.3 is 5.97 Å². The van der Waals surface area contributed by atoms with E-state index in [1.165, 1.54) is 7.11 Å². The zero-order chi connectivity index (χ0) is 13.5. The van der Waals surface area contributed by atoms with E-state index >= 15 is 0 Å². The molecule has 0 spiro atoms. The topological polar surface area (TPSA) is 68.5 Å². The van der Waals surface area contributed by atoms with Crippen molar-refractivity contribution in [1.29, 1.82) is 5.26 Å². The van der Waals surface area contributed by atoms with Gasteiger partial charge in [0.05, 0.1) is 25.3 Å². The molecular weight excluding hydrogens is 234 g/mol. The molecule has 0 aliphatic rings.